The molecule has 84 valence electrons. The molecule has 0 aromatic heterocycles. The molecule has 0 N–H and O–H groups in total. The predicted molar refractivity (Wildman–Crippen MR) is 72.1 cm³/mol. The Morgan fingerprint density at radius 3 is 2.27 bits per heavy atom. The zero-order valence-corrected chi connectivity index (χ0v) is 11.7. The molecule has 0 radical (unpaired) electrons. The van der Waals surface area contributed by atoms with Gasteiger partial charge in [-0.05, 0) is 31.0 Å². The van der Waals surface area contributed by atoms with Crippen LogP contribution in [0.5, 0.6) is 0 Å². The lowest BCUT2D eigenvalue weighted by atomic mass is 10.1. The zero-order chi connectivity index (χ0) is 11.1. The van der Waals surface area contributed by atoms with E-state index in [9.17, 15) is 0 Å². The van der Waals surface area contributed by atoms with Gasteiger partial charge in [0.1, 0.15) is 0 Å². The highest BCUT2D eigenvalue weighted by atomic mass is 35.7. The summed E-state index contributed by atoms with van der Waals surface area (Å²) in [5.41, 5.74) is 1.43. The van der Waals surface area contributed by atoms with Gasteiger partial charge in [0.15, 0.2) is 0 Å². The minimum Gasteiger partial charge on any atom is -0.146 e. The van der Waals surface area contributed by atoms with Crippen LogP contribution in [0.25, 0.3) is 0 Å². The van der Waals surface area contributed by atoms with Crippen molar-refractivity contribution in [3.05, 3.63) is 35.9 Å². The fourth-order valence-electron chi connectivity index (χ4n) is 1.59. The summed E-state index contributed by atoms with van der Waals surface area (Å²) in [5.74, 6) is 0. The second kappa shape index (κ2) is 6.57. The number of hydrogen-bond donors (Lipinski definition) is 0. The van der Waals surface area contributed by atoms with Crippen molar-refractivity contribution in [1.82, 2.24) is 0 Å². The number of benzene rings is 1. The molecule has 0 unspecified atom stereocenters. The first-order valence-electron chi connectivity index (χ1n) is 5.50. The molecule has 1 aromatic rings. The molecule has 0 aliphatic rings. The smallest absolute Gasteiger partial charge is 0.146 e. The lowest BCUT2D eigenvalue weighted by molar-refractivity contribution is 0.714. The summed E-state index contributed by atoms with van der Waals surface area (Å²) in [7, 11) is 0. The van der Waals surface area contributed by atoms with Crippen LogP contribution < -0.4 is 0 Å². The van der Waals surface area contributed by atoms with E-state index in [1.54, 1.807) is 0 Å². The topological polar surface area (TPSA) is 0 Å². The van der Waals surface area contributed by atoms with Crippen LogP contribution in [0.3, 0.4) is 0 Å². The van der Waals surface area contributed by atoms with E-state index < -0.39 is 6.69 Å². The lowest BCUT2D eigenvalue weighted by Crippen LogP contribution is -2.11. The van der Waals surface area contributed by atoms with Crippen LogP contribution in [0.4, 0.5) is 0 Å². The van der Waals surface area contributed by atoms with Crippen LogP contribution in [-0.2, 0) is 6.42 Å². The molecule has 0 atom stereocenters. The molecule has 1 aromatic carbocycles. The van der Waals surface area contributed by atoms with Crippen molar-refractivity contribution in [3.8, 4) is 0 Å². The first-order valence-corrected chi connectivity index (χ1v) is 10.2. The maximum Gasteiger partial charge on any atom is 0.248 e. The van der Waals surface area contributed by atoms with Crippen LogP contribution in [0, 0.1) is 0 Å². The fourth-order valence-corrected chi connectivity index (χ4v) is 3.26. The third-order valence-corrected chi connectivity index (χ3v) is 4.79. The van der Waals surface area contributed by atoms with Crippen LogP contribution in [0.15, 0.2) is 30.3 Å². The largest absolute Gasteiger partial charge is 0.248 e. The van der Waals surface area contributed by atoms with Gasteiger partial charge < -0.3 is 0 Å². The summed E-state index contributed by atoms with van der Waals surface area (Å²) in [6.07, 6.45) is 4.81. The van der Waals surface area contributed by atoms with Gasteiger partial charge in [0.05, 0.1) is 0 Å². The Balaban J connectivity index is 2.08. The molecular formula is C12H18Cl2Si. The van der Waals surface area contributed by atoms with Gasteiger partial charge >= 0.3 is 0 Å². The van der Waals surface area contributed by atoms with E-state index >= 15 is 0 Å². The molecule has 0 aliphatic carbocycles. The van der Waals surface area contributed by atoms with Crippen molar-refractivity contribution in [2.75, 3.05) is 0 Å². The minimum absolute atomic E-state index is 1.02. The molecule has 0 saturated carbocycles. The number of rotatable bonds is 6. The minimum atomic E-state index is -1.84. The van der Waals surface area contributed by atoms with Gasteiger partial charge in [0.25, 0.3) is 0 Å². The average Bonchev–Trinajstić information content (AvgIpc) is 2.17. The Hall–Kier alpha value is 0.0169. The highest BCUT2D eigenvalue weighted by Gasteiger charge is 2.19. The van der Waals surface area contributed by atoms with Crippen molar-refractivity contribution in [3.63, 3.8) is 0 Å². The van der Waals surface area contributed by atoms with Gasteiger partial charge in [-0.15, -0.1) is 22.2 Å². The molecule has 0 heterocycles. The Bertz CT molecular complexity index is 267. The van der Waals surface area contributed by atoms with Gasteiger partial charge in [-0.3, -0.25) is 0 Å². The lowest BCUT2D eigenvalue weighted by Gasteiger charge is -2.09. The second-order valence-electron chi connectivity index (χ2n) is 4.12. The summed E-state index contributed by atoms with van der Waals surface area (Å²) in [4.78, 5) is 0. The van der Waals surface area contributed by atoms with E-state index in [0.717, 1.165) is 6.04 Å². The molecule has 0 bridgehead atoms. The standard InChI is InChI=1S/C12H18Cl2Si/c1-15(13,14)11-7-3-6-10-12-8-4-2-5-9-12/h2,4-5,8-9H,3,6-7,10-11H2,1H3. The van der Waals surface area contributed by atoms with Crippen molar-refractivity contribution >= 4 is 28.9 Å². The van der Waals surface area contributed by atoms with E-state index in [2.05, 4.69) is 30.3 Å². The summed E-state index contributed by atoms with van der Waals surface area (Å²) >= 11 is 12.1. The number of aryl methyl sites for hydroxylation is 1. The maximum absolute atomic E-state index is 6.03. The summed E-state index contributed by atoms with van der Waals surface area (Å²) in [6, 6.07) is 11.6. The summed E-state index contributed by atoms with van der Waals surface area (Å²) < 4.78 is 0. The van der Waals surface area contributed by atoms with Crippen molar-refractivity contribution < 1.29 is 0 Å². The van der Waals surface area contributed by atoms with Crippen LogP contribution in [-0.4, -0.2) is 6.69 Å². The SMILES string of the molecule is C[Si](Cl)(Cl)CCCCCc1ccccc1. The van der Waals surface area contributed by atoms with E-state index in [1.165, 1.54) is 31.2 Å². The maximum atomic E-state index is 6.03. The van der Waals surface area contributed by atoms with E-state index in [0.29, 0.717) is 0 Å². The average molecular weight is 261 g/mol. The van der Waals surface area contributed by atoms with Gasteiger partial charge in [-0.1, -0.05) is 43.2 Å². The Kier molecular flexibility index (Phi) is 5.73. The summed E-state index contributed by atoms with van der Waals surface area (Å²) in [5, 5.41) is 0. The highest BCUT2D eigenvalue weighted by molar-refractivity contribution is 7.44. The molecule has 15 heavy (non-hydrogen) atoms. The van der Waals surface area contributed by atoms with E-state index in [4.69, 9.17) is 22.2 Å². The number of hydrogen-bond acceptors (Lipinski definition) is 0. The third-order valence-electron chi connectivity index (χ3n) is 2.42. The van der Waals surface area contributed by atoms with E-state index in [-0.39, 0.29) is 0 Å². The molecule has 0 fully saturated rings. The van der Waals surface area contributed by atoms with Crippen LogP contribution >= 0.6 is 22.2 Å². The molecule has 0 saturated heterocycles. The molecule has 0 aliphatic heterocycles. The van der Waals surface area contributed by atoms with Gasteiger partial charge in [-0.2, -0.15) is 0 Å². The molecule has 0 amide bonds. The van der Waals surface area contributed by atoms with Crippen LogP contribution in [0.2, 0.25) is 12.6 Å². The number of unbranched alkanes of at least 4 members (excludes halogenated alkanes) is 2. The van der Waals surface area contributed by atoms with Crippen molar-refractivity contribution in [2.45, 2.75) is 38.3 Å². The van der Waals surface area contributed by atoms with Gasteiger partial charge in [0.2, 0.25) is 6.69 Å². The molecule has 3 heteroatoms. The normalized spacial score (nSPS) is 11.7. The fraction of sp³-hybridized carbons (Fsp3) is 0.500. The number of halogens is 2. The van der Waals surface area contributed by atoms with Crippen molar-refractivity contribution in [1.29, 1.82) is 0 Å². The summed E-state index contributed by atoms with van der Waals surface area (Å²) in [6.45, 7) is 0.151. The molecule has 1 rings (SSSR count). The third kappa shape index (κ3) is 6.99. The van der Waals surface area contributed by atoms with Crippen LogP contribution in [0.1, 0.15) is 24.8 Å². The molecule has 0 spiro atoms. The quantitative estimate of drug-likeness (QED) is 0.386. The zero-order valence-electron chi connectivity index (χ0n) is 9.18. The molecule has 0 nitrogen and oxygen atoms in total. The van der Waals surface area contributed by atoms with Gasteiger partial charge in [-0.25, -0.2) is 0 Å². The van der Waals surface area contributed by atoms with Gasteiger partial charge in [0, 0.05) is 0 Å². The Morgan fingerprint density at radius 1 is 1.00 bits per heavy atom. The first-order chi connectivity index (χ1) is 7.08. The predicted octanol–water partition coefficient (Wildman–Crippen LogP) is 4.95. The highest BCUT2D eigenvalue weighted by Crippen LogP contribution is 2.23. The first kappa shape index (κ1) is 13.1. The Labute approximate surface area is 103 Å². The second-order valence-corrected chi connectivity index (χ2v) is 12.3. The van der Waals surface area contributed by atoms with Crippen molar-refractivity contribution in [2.24, 2.45) is 0 Å². The molecular weight excluding hydrogens is 243 g/mol. The monoisotopic (exact) mass is 260 g/mol. The Morgan fingerprint density at radius 2 is 1.67 bits per heavy atom. The van der Waals surface area contributed by atoms with E-state index in [1.807, 2.05) is 6.55 Å².